The number of hydrogen-bond acceptors (Lipinski definition) is 6. The summed E-state index contributed by atoms with van der Waals surface area (Å²) in [5.41, 5.74) is 20.2. The summed E-state index contributed by atoms with van der Waals surface area (Å²) in [5, 5.41) is 28.1. The van der Waals surface area contributed by atoms with Crippen molar-refractivity contribution in [2.75, 3.05) is 0 Å². The molecule has 22 rings (SSSR count). The van der Waals surface area contributed by atoms with Gasteiger partial charge in [-0.15, -0.1) is 0 Å². The van der Waals surface area contributed by atoms with E-state index in [9.17, 15) is 0 Å². The van der Waals surface area contributed by atoms with E-state index in [2.05, 4.69) is 347 Å². The SMILES string of the molecule is Brc1cc2c3ccccc3c(-c3ccc(-c4nc5ccccc5n4-c4ccccc4)cc3)cc2c2ccccc12.Brc1cc2c3ccccc3c(Br)cc2c2ccccc12.Cc1ccc(-c2nc3ccccc3n2-c2ccccc2)cc1.NN=C(c1ccccc1)c1ccccc1.O[B]c1ccc(-c2nc3ccccc3n2-c2ccccc2)cc1. The molecule has 0 unspecified atom stereocenters. The molecule has 3 N–H and O–H groups in total. The number of rotatable bonds is 10. The summed E-state index contributed by atoms with van der Waals surface area (Å²) in [5.74, 6) is 8.24. The lowest BCUT2D eigenvalue weighted by atomic mass is 9.88. The van der Waals surface area contributed by atoms with Crippen LogP contribution in [0.2, 0.25) is 0 Å². The molecule has 573 valence electrons. The summed E-state index contributed by atoms with van der Waals surface area (Å²) in [6.07, 6.45) is 0. The Morgan fingerprint density at radius 2 is 0.550 bits per heavy atom. The van der Waals surface area contributed by atoms with Crippen LogP contribution in [0.15, 0.2) is 437 Å². The lowest BCUT2D eigenvalue weighted by Gasteiger charge is -2.14. The molecule has 0 aliphatic carbocycles. The molecule has 0 fully saturated rings. The van der Waals surface area contributed by atoms with Gasteiger partial charge in [0.25, 0.3) is 0 Å². The number of hydrazone groups is 1. The van der Waals surface area contributed by atoms with Crippen LogP contribution in [0.25, 0.3) is 160 Å². The van der Waals surface area contributed by atoms with Crippen molar-refractivity contribution in [1.82, 2.24) is 28.7 Å². The molecule has 3 aromatic heterocycles. The highest BCUT2D eigenvalue weighted by atomic mass is 79.9. The van der Waals surface area contributed by atoms with Crippen molar-refractivity contribution in [3.8, 4) is 62.4 Å². The number of imidazole rings is 3. The Bertz CT molecular complexity index is 7350. The van der Waals surface area contributed by atoms with E-state index in [0.717, 1.165) is 128 Å². The molecule has 0 atom stereocenters. The van der Waals surface area contributed by atoms with Crippen LogP contribution in [0.5, 0.6) is 0 Å². The molecule has 0 saturated heterocycles. The Labute approximate surface area is 721 Å². The maximum Gasteiger partial charge on any atom is 0.326 e. The molecule has 9 nitrogen and oxygen atoms in total. The van der Waals surface area contributed by atoms with E-state index >= 15 is 0 Å². The molecule has 1 radical (unpaired) electrons. The second-order valence-corrected chi connectivity index (χ2v) is 31.6. The number of halogens is 3. The molecule has 0 aliphatic rings. The van der Waals surface area contributed by atoms with Crippen molar-refractivity contribution in [2.24, 2.45) is 10.9 Å². The van der Waals surface area contributed by atoms with Crippen LogP contribution in [0, 0.1) is 6.92 Å². The fourth-order valence-electron chi connectivity index (χ4n) is 15.9. The predicted molar refractivity (Wildman–Crippen MR) is 515 cm³/mol. The van der Waals surface area contributed by atoms with Crippen molar-refractivity contribution >= 4 is 164 Å². The van der Waals surface area contributed by atoms with Crippen molar-refractivity contribution in [2.45, 2.75) is 6.92 Å². The molecule has 0 spiro atoms. The minimum Gasteiger partial charge on any atom is -0.450 e. The van der Waals surface area contributed by atoms with E-state index in [0.29, 0.717) is 0 Å². The van der Waals surface area contributed by atoms with Crippen LogP contribution in [-0.2, 0) is 0 Å². The van der Waals surface area contributed by atoms with Gasteiger partial charge in [-0.05, 0) is 180 Å². The molecular weight excluding hydrogens is 1660 g/mol. The Morgan fingerprint density at radius 1 is 0.283 bits per heavy atom. The number of aryl methyl sites for hydroxylation is 1. The van der Waals surface area contributed by atoms with Crippen molar-refractivity contribution in [3.63, 3.8) is 0 Å². The van der Waals surface area contributed by atoms with Gasteiger partial charge in [-0.25, -0.2) is 15.0 Å². The predicted octanol–water partition coefficient (Wildman–Crippen LogP) is 27.6. The van der Waals surface area contributed by atoms with Crippen molar-refractivity contribution < 1.29 is 5.02 Å². The van der Waals surface area contributed by atoms with Gasteiger partial charge in [0.1, 0.15) is 17.5 Å². The number of para-hydroxylation sites is 9. The smallest absolute Gasteiger partial charge is 0.326 e. The van der Waals surface area contributed by atoms with Crippen molar-refractivity contribution in [1.29, 1.82) is 0 Å². The van der Waals surface area contributed by atoms with Gasteiger partial charge in [-0.3, -0.25) is 13.7 Å². The van der Waals surface area contributed by atoms with Gasteiger partial charge in [0.05, 0.1) is 38.8 Å². The Balaban J connectivity index is 0.000000108. The number of fused-ring (bicyclic) bond motifs is 13. The molecule has 13 heteroatoms. The van der Waals surface area contributed by atoms with Crippen LogP contribution >= 0.6 is 47.8 Å². The first kappa shape index (κ1) is 77.3. The van der Waals surface area contributed by atoms with Crippen LogP contribution in [0.3, 0.4) is 0 Å². The first-order chi connectivity index (χ1) is 59.1. The monoisotopic (exact) mass is 1740 g/mol. The Hall–Kier alpha value is -13.9. The third kappa shape index (κ3) is 15.7. The zero-order valence-corrected chi connectivity index (χ0v) is 70.0. The average molecular weight is 1740 g/mol. The number of nitrogens with zero attached hydrogens (tertiary/aromatic N) is 7. The van der Waals surface area contributed by atoms with E-state index in [1.54, 1.807) is 0 Å². The second-order valence-electron chi connectivity index (χ2n) is 29.1. The van der Waals surface area contributed by atoms with E-state index < -0.39 is 0 Å². The summed E-state index contributed by atoms with van der Waals surface area (Å²) < 4.78 is 10.0. The largest absolute Gasteiger partial charge is 0.450 e. The lowest BCUT2D eigenvalue weighted by Crippen LogP contribution is -2.12. The number of hydrogen-bond donors (Lipinski definition) is 2. The van der Waals surface area contributed by atoms with Gasteiger partial charge < -0.3 is 10.9 Å². The van der Waals surface area contributed by atoms with E-state index in [4.69, 9.17) is 25.8 Å². The molecule has 3 heterocycles. The second kappa shape index (κ2) is 35.1. The van der Waals surface area contributed by atoms with Gasteiger partial charge in [-0.2, -0.15) is 5.10 Å². The lowest BCUT2D eigenvalue weighted by molar-refractivity contribution is 0.615. The topological polar surface area (TPSA) is 112 Å². The summed E-state index contributed by atoms with van der Waals surface area (Å²) in [6, 6.07) is 144. The number of nitrogens with two attached hydrogens (primary N) is 1. The molecule has 0 amide bonds. The average Bonchev–Trinajstić information content (AvgIpc) is 1.19. The van der Waals surface area contributed by atoms with Gasteiger partial charge in [0.2, 0.25) is 0 Å². The highest BCUT2D eigenvalue weighted by Crippen LogP contribution is 2.43. The molecule has 0 bridgehead atoms. The Morgan fingerprint density at radius 3 is 0.892 bits per heavy atom. The highest BCUT2D eigenvalue weighted by Gasteiger charge is 2.20. The first-order valence-electron chi connectivity index (χ1n) is 39.6. The van der Waals surface area contributed by atoms with Gasteiger partial charge >= 0.3 is 7.48 Å². The fraction of sp³-hybridized carbons (Fsp3) is 0.00935. The third-order valence-corrected chi connectivity index (χ3v) is 23.6. The molecular formula is C107H75BBr3N8O. The summed E-state index contributed by atoms with van der Waals surface area (Å²) in [4.78, 5) is 14.7. The molecule has 22 aromatic rings. The summed E-state index contributed by atoms with van der Waals surface area (Å²) in [7, 11) is 1.10. The fourth-order valence-corrected chi connectivity index (χ4v) is 17.6. The third-order valence-electron chi connectivity index (χ3n) is 21.6. The number of aromatic nitrogens is 6. The highest BCUT2D eigenvalue weighted by molar-refractivity contribution is 9.11. The normalized spacial score (nSPS) is 11.1. The van der Waals surface area contributed by atoms with Crippen LogP contribution in [-0.4, -0.2) is 46.9 Å². The molecule has 0 saturated carbocycles. The van der Waals surface area contributed by atoms with E-state index in [1.807, 2.05) is 146 Å². The van der Waals surface area contributed by atoms with Crippen LogP contribution < -0.4 is 11.3 Å². The van der Waals surface area contributed by atoms with Gasteiger partial charge in [0.15, 0.2) is 0 Å². The minimum atomic E-state index is 0.774. The maximum atomic E-state index is 9.10. The molecule has 120 heavy (non-hydrogen) atoms. The minimum absolute atomic E-state index is 0.774. The van der Waals surface area contributed by atoms with Crippen LogP contribution in [0.1, 0.15) is 16.7 Å². The zero-order valence-electron chi connectivity index (χ0n) is 65.2. The standard InChI is InChI=1S/C37H23BrN2.C20H16N2.C19H14BN2O.C18H10Br2.C13H12N2/c38-34-23-33-28-13-5-4-12-27(28)31(22-32(33)29-14-6-7-15-30(29)34)24-18-20-25(21-19-24)37-39-35-16-8-9-17-36(35)40(37)26-10-2-1-3-11-26;1-15-11-13-16(14-12-15)20-21-18-9-5-6-10-19(18)22(20)17-7-3-2-4-8-17;23-20-15-12-10-14(11-13-15)19-21-17-8-4-5-9-18(17)22(19)16-6-2-1-3-7-16;19-17-10-16-12-6-2-4-8-14(12)18(20)9-15(16)11-5-1-3-7-13(11)17;14-15-13(11-7-3-1-4-8-11)12-9-5-2-6-10-12/h1-23H;2-14H,1H3;1-13,23H;1-10H;1-10H,14H2. The van der Waals surface area contributed by atoms with Gasteiger partial charge in [-0.1, -0.05) is 380 Å². The van der Waals surface area contributed by atoms with Crippen molar-refractivity contribution in [3.05, 3.63) is 449 Å². The summed E-state index contributed by atoms with van der Waals surface area (Å²) >= 11 is 11.2. The molecule has 0 aliphatic heterocycles. The quantitative estimate of drug-likeness (QED) is 0.0466. The zero-order chi connectivity index (χ0) is 81.4. The van der Waals surface area contributed by atoms with E-state index in [1.165, 1.54) is 81.3 Å². The number of benzene rings is 19. The molecule has 19 aromatic carbocycles. The Kier molecular flexibility index (Phi) is 22.6. The van der Waals surface area contributed by atoms with Crippen LogP contribution in [0.4, 0.5) is 0 Å². The maximum absolute atomic E-state index is 9.10. The summed E-state index contributed by atoms with van der Waals surface area (Å²) in [6.45, 7) is 2.10. The first-order valence-corrected chi connectivity index (χ1v) is 41.9. The van der Waals surface area contributed by atoms with E-state index in [-0.39, 0.29) is 0 Å². The van der Waals surface area contributed by atoms with Gasteiger partial charge in [0, 0.05) is 58.3 Å².